The Labute approximate surface area is 87.7 Å². The van der Waals surface area contributed by atoms with Crippen LogP contribution in [0.4, 0.5) is 0 Å². The Balaban J connectivity index is 1.86. The van der Waals surface area contributed by atoms with Gasteiger partial charge in [0, 0.05) is 12.7 Å². The van der Waals surface area contributed by atoms with E-state index in [4.69, 9.17) is 15.7 Å². The molecule has 0 saturated heterocycles. The Morgan fingerprint density at radius 1 is 1.33 bits per heavy atom. The van der Waals surface area contributed by atoms with Gasteiger partial charge in [-0.25, -0.2) is 0 Å². The second-order valence-electron chi connectivity index (χ2n) is 3.28. The number of aromatic hydroxyl groups is 1. The Morgan fingerprint density at radius 3 is 2.67 bits per heavy atom. The average Bonchev–Trinajstić information content (AvgIpc) is 2.64. The molecule has 80 valence electrons. The van der Waals surface area contributed by atoms with Gasteiger partial charge in [0.15, 0.2) is 5.88 Å². The van der Waals surface area contributed by atoms with E-state index in [1.165, 1.54) is 0 Å². The van der Waals surface area contributed by atoms with E-state index < -0.39 is 0 Å². The van der Waals surface area contributed by atoms with Crippen LogP contribution in [0.25, 0.3) is 5.59 Å². The molecular weight excluding hydrogens is 194 g/mol. The number of phenolic OH excluding ortho intramolecular Hbond substituents is 1. The van der Waals surface area contributed by atoms with Crippen LogP contribution in [0.3, 0.4) is 0 Å². The lowest BCUT2D eigenvalue weighted by Gasteiger charge is -2.27. The third-order valence-corrected chi connectivity index (χ3v) is 2.09. The predicted octanol–water partition coefficient (Wildman–Crippen LogP) is 1.23. The van der Waals surface area contributed by atoms with Crippen LogP contribution >= 0.6 is 0 Å². The smallest absolute Gasteiger partial charge is 0.185 e. The molecule has 1 aliphatic rings. The number of nitrogens with two attached hydrogens (primary N) is 1. The van der Waals surface area contributed by atoms with Gasteiger partial charge >= 0.3 is 0 Å². The Bertz CT molecular complexity index is 361. The van der Waals surface area contributed by atoms with Gasteiger partial charge in [-0.1, -0.05) is 12.1 Å². The summed E-state index contributed by atoms with van der Waals surface area (Å²) in [6.45, 7) is 0.700. The molecule has 5 heteroatoms. The van der Waals surface area contributed by atoms with E-state index >= 15 is 0 Å². The molecule has 0 aliphatic carbocycles. The zero-order chi connectivity index (χ0) is 10.7. The quantitative estimate of drug-likeness (QED) is 0.780. The van der Waals surface area contributed by atoms with E-state index in [9.17, 15) is 0 Å². The molecule has 1 aromatic rings. The number of phenols is 1. The van der Waals surface area contributed by atoms with Crippen LogP contribution in [0.1, 0.15) is 5.56 Å². The second-order valence-corrected chi connectivity index (χ2v) is 3.28. The van der Waals surface area contributed by atoms with Gasteiger partial charge in [-0.15, -0.1) is 0 Å². The summed E-state index contributed by atoms with van der Waals surface area (Å²) in [6.07, 6.45) is 2.46. The van der Waals surface area contributed by atoms with Crippen molar-refractivity contribution in [2.45, 2.75) is 6.42 Å². The first-order valence-electron chi connectivity index (χ1n) is 4.64. The molecule has 1 heterocycles. The molecule has 0 spiro atoms. The zero-order valence-corrected chi connectivity index (χ0v) is 8.13. The molecule has 15 heavy (non-hydrogen) atoms. The molecular formula is C10H12N3O2-. The van der Waals surface area contributed by atoms with Gasteiger partial charge in [-0.05, 0) is 24.1 Å². The molecule has 0 aromatic heterocycles. The fourth-order valence-corrected chi connectivity index (χ4v) is 1.31. The van der Waals surface area contributed by atoms with Gasteiger partial charge in [0.05, 0.1) is 0 Å². The third-order valence-electron chi connectivity index (χ3n) is 2.09. The molecule has 0 atom stereocenters. The first kappa shape index (κ1) is 9.67. The highest BCUT2D eigenvalue weighted by Crippen LogP contribution is 2.16. The van der Waals surface area contributed by atoms with Crippen LogP contribution in [0.5, 0.6) is 5.75 Å². The van der Waals surface area contributed by atoms with E-state index in [1.807, 2.05) is 12.1 Å². The largest absolute Gasteiger partial charge is 0.557 e. The highest BCUT2D eigenvalue weighted by atomic mass is 16.7. The molecule has 0 bridgehead atoms. The molecule has 1 aromatic carbocycles. The fraction of sp³-hybridized carbons (Fsp3) is 0.200. The average molecular weight is 206 g/mol. The van der Waals surface area contributed by atoms with E-state index in [2.05, 4.69) is 5.59 Å². The first-order chi connectivity index (χ1) is 7.24. The van der Waals surface area contributed by atoms with E-state index in [-0.39, 0.29) is 5.75 Å². The summed E-state index contributed by atoms with van der Waals surface area (Å²) in [6, 6.07) is 7.08. The summed E-state index contributed by atoms with van der Waals surface area (Å²) in [4.78, 5) is 4.72. The van der Waals surface area contributed by atoms with Crippen LogP contribution in [-0.2, 0) is 11.3 Å². The molecule has 1 aliphatic heterocycles. The van der Waals surface area contributed by atoms with Gasteiger partial charge in [-0.2, -0.15) is 0 Å². The number of hydrogen-bond acceptors (Lipinski definition) is 4. The van der Waals surface area contributed by atoms with Crippen molar-refractivity contribution >= 4 is 0 Å². The first-order valence-corrected chi connectivity index (χ1v) is 4.64. The van der Waals surface area contributed by atoms with E-state index in [0.717, 1.165) is 12.0 Å². The minimum atomic E-state index is 0.275. The fourth-order valence-electron chi connectivity index (χ4n) is 1.31. The van der Waals surface area contributed by atoms with Crippen LogP contribution < -0.4 is 5.73 Å². The van der Waals surface area contributed by atoms with Crippen molar-refractivity contribution in [2.24, 2.45) is 5.73 Å². The maximum absolute atomic E-state index is 9.10. The van der Waals surface area contributed by atoms with Crippen molar-refractivity contribution < 1.29 is 9.94 Å². The SMILES string of the molecule is NC1=CN(CCc2ccc(O)cc2)[N-]O1. The normalized spacial score (nSPS) is 14.9. The molecule has 3 N–H and O–H groups in total. The summed E-state index contributed by atoms with van der Waals surface area (Å²) in [5, 5.41) is 10.7. The van der Waals surface area contributed by atoms with Gasteiger partial charge in [0.1, 0.15) is 5.75 Å². The van der Waals surface area contributed by atoms with E-state index in [1.54, 1.807) is 23.3 Å². The van der Waals surface area contributed by atoms with Crippen molar-refractivity contribution in [1.29, 1.82) is 0 Å². The Hall–Kier alpha value is -1.88. The van der Waals surface area contributed by atoms with Crippen molar-refractivity contribution in [2.75, 3.05) is 6.54 Å². The summed E-state index contributed by atoms with van der Waals surface area (Å²) in [5.41, 5.74) is 10.2. The molecule has 0 fully saturated rings. The van der Waals surface area contributed by atoms with Crippen LogP contribution in [0.15, 0.2) is 36.3 Å². The number of rotatable bonds is 3. The summed E-state index contributed by atoms with van der Waals surface area (Å²) < 4.78 is 0. The third kappa shape index (κ3) is 2.54. The molecule has 5 nitrogen and oxygen atoms in total. The number of benzene rings is 1. The highest BCUT2D eigenvalue weighted by Gasteiger charge is 2.00. The maximum atomic E-state index is 9.10. The number of hydrogen-bond donors (Lipinski definition) is 2. The summed E-state index contributed by atoms with van der Waals surface area (Å²) in [5.74, 6) is 0.581. The van der Waals surface area contributed by atoms with Crippen molar-refractivity contribution in [3.05, 3.63) is 47.5 Å². The molecule has 0 radical (unpaired) electrons. The molecule has 0 unspecified atom stereocenters. The highest BCUT2D eigenvalue weighted by molar-refractivity contribution is 5.26. The monoisotopic (exact) mass is 206 g/mol. The van der Waals surface area contributed by atoms with Crippen molar-refractivity contribution in [3.63, 3.8) is 0 Å². The lowest BCUT2D eigenvalue weighted by molar-refractivity contribution is 0.251. The zero-order valence-electron chi connectivity index (χ0n) is 8.13. The van der Waals surface area contributed by atoms with Crippen LogP contribution in [-0.4, -0.2) is 16.7 Å². The van der Waals surface area contributed by atoms with Gasteiger partial charge in [-0.3, -0.25) is 0 Å². The van der Waals surface area contributed by atoms with Gasteiger partial charge < -0.3 is 26.3 Å². The van der Waals surface area contributed by atoms with Crippen LogP contribution in [0, 0.1) is 0 Å². The van der Waals surface area contributed by atoms with E-state index in [0.29, 0.717) is 12.4 Å². The molecule has 0 saturated carbocycles. The minimum absolute atomic E-state index is 0.275. The Kier molecular flexibility index (Phi) is 2.64. The minimum Gasteiger partial charge on any atom is -0.557 e. The number of nitrogens with zero attached hydrogens (tertiary/aromatic N) is 2. The van der Waals surface area contributed by atoms with Crippen molar-refractivity contribution in [3.8, 4) is 5.75 Å². The maximum Gasteiger partial charge on any atom is 0.185 e. The second kappa shape index (κ2) is 4.10. The molecule has 0 amide bonds. The van der Waals surface area contributed by atoms with Crippen LogP contribution in [0.2, 0.25) is 0 Å². The topological polar surface area (TPSA) is 72.8 Å². The lowest BCUT2D eigenvalue weighted by Crippen LogP contribution is -2.12. The molecule has 2 rings (SSSR count). The summed E-state index contributed by atoms with van der Waals surface area (Å²) >= 11 is 0. The summed E-state index contributed by atoms with van der Waals surface area (Å²) in [7, 11) is 0. The van der Waals surface area contributed by atoms with Gasteiger partial charge in [0.2, 0.25) is 0 Å². The predicted molar refractivity (Wildman–Crippen MR) is 55.2 cm³/mol. The standard InChI is InChI=1S/C10H12N3O2/c11-10-7-13(12-15-10)6-5-8-1-3-9(14)4-2-8/h1-4,7,14H,5-6,11H2/q-1. The Morgan fingerprint density at radius 2 is 2.07 bits per heavy atom. The van der Waals surface area contributed by atoms with Gasteiger partial charge in [0.25, 0.3) is 0 Å². The van der Waals surface area contributed by atoms with Crippen molar-refractivity contribution in [1.82, 2.24) is 5.01 Å². The lowest BCUT2D eigenvalue weighted by atomic mass is 10.1.